The molecule has 0 aliphatic rings. The average molecular weight is 501 g/mol. The highest BCUT2D eigenvalue weighted by Crippen LogP contribution is 2.32. The van der Waals surface area contributed by atoms with E-state index in [2.05, 4.69) is 30.5 Å². The molecule has 1 aromatic carbocycles. The largest absolute Gasteiger partial charge is 0.434 e. The smallest absolute Gasteiger partial charge is 0.404 e. The Kier molecular flexibility index (Phi) is 6.47. The Morgan fingerprint density at radius 2 is 1.91 bits per heavy atom. The Balaban J connectivity index is 1.69. The lowest BCUT2D eigenvalue weighted by Gasteiger charge is -2.15. The number of hydrogen-bond acceptors (Lipinski definition) is 7. The van der Waals surface area contributed by atoms with E-state index in [-0.39, 0.29) is 22.2 Å². The van der Waals surface area contributed by atoms with E-state index in [4.69, 9.17) is 17.3 Å². The van der Waals surface area contributed by atoms with Gasteiger partial charge in [-0.25, -0.2) is 9.98 Å². The number of carbonyl (C=O) groups excluding carboxylic acids is 1. The van der Waals surface area contributed by atoms with E-state index in [1.807, 2.05) is 0 Å². The number of aromatic nitrogens is 5. The van der Waals surface area contributed by atoms with Crippen LogP contribution in [0.15, 0.2) is 72.0 Å². The second kappa shape index (κ2) is 9.50. The van der Waals surface area contributed by atoms with Crippen molar-refractivity contribution in [1.29, 1.82) is 0 Å². The number of nitrogens with zero attached hydrogens (tertiary/aromatic N) is 6. The zero-order valence-electron chi connectivity index (χ0n) is 18.0. The fourth-order valence-electron chi connectivity index (χ4n) is 3.25. The molecule has 35 heavy (non-hydrogen) atoms. The molecule has 4 rings (SSSR count). The van der Waals surface area contributed by atoms with Gasteiger partial charge < -0.3 is 11.1 Å². The molecule has 0 fully saturated rings. The highest BCUT2D eigenvalue weighted by molar-refractivity contribution is 6.32. The second-order valence-corrected chi connectivity index (χ2v) is 7.58. The number of anilines is 1. The average Bonchev–Trinajstić information content (AvgIpc) is 3.33. The fourth-order valence-corrected chi connectivity index (χ4v) is 3.49. The van der Waals surface area contributed by atoms with E-state index in [0.29, 0.717) is 17.0 Å². The van der Waals surface area contributed by atoms with Crippen LogP contribution in [0.25, 0.3) is 16.6 Å². The van der Waals surface area contributed by atoms with Crippen LogP contribution in [0.3, 0.4) is 0 Å². The van der Waals surface area contributed by atoms with Gasteiger partial charge in [0.2, 0.25) is 0 Å². The van der Waals surface area contributed by atoms with E-state index in [0.717, 1.165) is 10.4 Å². The van der Waals surface area contributed by atoms with Gasteiger partial charge in [0.05, 0.1) is 40.6 Å². The molecule has 0 saturated heterocycles. The van der Waals surface area contributed by atoms with Crippen molar-refractivity contribution in [3.63, 3.8) is 0 Å². The highest BCUT2D eigenvalue weighted by Gasteiger charge is 2.40. The number of halogens is 4. The third-order valence-corrected chi connectivity index (χ3v) is 5.11. The number of rotatable bonds is 5. The molecule has 4 aromatic rings. The van der Waals surface area contributed by atoms with Crippen LogP contribution < -0.4 is 11.1 Å². The summed E-state index contributed by atoms with van der Waals surface area (Å²) in [4.78, 5) is 25.8. The van der Waals surface area contributed by atoms with Crippen molar-refractivity contribution in [2.24, 2.45) is 10.7 Å². The second-order valence-electron chi connectivity index (χ2n) is 7.17. The van der Waals surface area contributed by atoms with Crippen molar-refractivity contribution < 1.29 is 18.0 Å². The van der Waals surface area contributed by atoms with E-state index < -0.39 is 23.4 Å². The van der Waals surface area contributed by atoms with Crippen molar-refractivity contribution in [3.05, 3.63) is 77.6 Å². The molecule has 0 unspecified atom stereocenters. The van der Waals surface area contributed by atoms with Crippen LogP contribution in [0.2, 0.25) is 5.02 Å². The topological polar surface area (TPSA) is 124 Å². The number of carbonyl (C=O) groups is 1. The fraction of sp³-hybridized carbons (Fsp3) is 0.0909. The minimum atomic E-state index is -4.99. The maximum absolute atomic E-state index is 14.0. The van der Waals surface area contributed by atoms with E-state index in [9.17, 15) is 18.0 Å². The van der Waals surface area contributed by atoms with Crippen LogP contribution >= 0.6 is 11.6 Å². The molecule has 0 saturated carbocycles. The summed E-state index contributed by atoms with van der Waals surface area (Å²) in [6.07, 6.45) is 2.58. The molecule has 178 valence electrons. The Labute approximate surface area is 201 Å². The number of aliphatic imine (C=N–C) groups is 1. The minimum absolute atomic E-state index is 0.0149. The predicted molar refractivity (Wildman–Crippen MR) is 125 cm³/mol. The zero-order chi connectivity index (χ0) is 25.2. The molecule has 0 aliphatic heterocycles. The van der Waals surface area contributed by atoms with Gasteiger partial charge in [-0.2, -0.15) is 23.4 Å². The van der Waals surface area contributed by atoms with Crippen LogP contribution in [0, 0.1) is 6.92 Å². The number of pyridine rings is 2. The molecular formula is C22H16ClF3N8O. The Morgan fingerprint density at radius 1 is 1.17 bits per heavy atom. The number of nitrogens with one attached hydrogen (secondary N) is 1. The Bertz CT molecular complexity index is 1470. The maximum Gasteiger partial charge on any atom is 0.434 e. The molecular weight excluding hydrogens is 485 g/mol. The molecule has 0 aliphatic carbocycles. The number of aryl methyl sites for hydroxylation is 1. The van der Waals surface area contributed by atoms with Crippen LogP contribution in [0.4, 0.5) is 24.5 Å². The van der Waals surface area contributed by atoms with E-state index in [1.165, 1.54) is 36.9 Å². The minimum Gasteiger partial charge on any atom is -0.404 e. The number of amides is 1. The summed E-state index contributed by atoms with van der Waals surface area (Å²) < 4.78 is 42.1. The molecule has 3 aromatic heterocycles. The first-order valence-corrected chi connectivity index (χ1v) is 10.3. The third-order valence-electron chi connectivity index (χ3n) is 4.83. The summed E-state index contributed by atoms with van der Waals surface area (Å²) in [6.45, 7) is 1.78. The van der Waals surface area contributed by atoms with Crippen molar-refractivity contribution in [3.8, 4) is 5.82 Å². The van der Waals surface area contributed by atoms with Gasteiger partial charge >= 0.3 is 6.18 Å². The quantitative estimate of drug-likeness (QED) is 0.311. The lowest BCUT2D eigenvalue weighted by Crippen LogP contribution is -2.32. The van der Waals surface area contributed by atoms with Crippen molar-refractivity contribution in [2.75, 3.05) is 5.32 Å². The van der Waals surface area contributed by atoms with Gasteiger partial charge in [0.15, 0.2) is 11.5 Å². The van der Waals surface area contributed by atoms with Crippen molar-refractivity contribution in [2.45, 2.75) is 13.1 Å². The summed E-state index contributed by atoms with van der Waals surface area (Å²) in [6, 6.07) is 6.00. The van der Waals surface area contributed by atoms with E-state index >= 15 is 0 Å². The van der Waals surface area contributed by atoms with Crippen molar-refractivity contribution in [1.82, 2.24) is 25.0 Å². The zero-order valence-corrected chi connectivity index (χ0v) is 18.7. The van der Waals surface area contributed by atoms with Crippen LogP contribution in [0.5, 0.6) is 0 Å². The number of alkyl halides is 3. The van der Waals surface area contributed by atoms with Gasteiger partial charge in [-0.1, -0.05) is 23.7 Å². The lowest BCUT2D eigenvalue weighted by molar-refractivity contribution is -0.113. The van der Waals surface area contributed by atoms with Gasteiger partial charge in [-0.05, 0) is 30.0 Å². The van der Waals surface area contributed by atoms with Gasteiger partial charge in [-0.3, -0.25) is 9.78 Å². The first-order valence-electron chi connectivity index (χ1n) is 9.94. The molecule has 0 atom stereocenters. The Morgan fingerprint density at radius 3 is 2.57 bits per heavy atom. The molecule has 3 N–H and O–H groups in total. The molecule has 0 bridgehead atoms. The Hall–Kier alpha value is -4.32. The number of fused-ring (bicyclic) bond motifs is 1. The molecule has 1 amide bonds. The van der Waals surface area contributed by atoms with Crippen LogP contribution in [0.1, 0.15) is 5.56 Å². The highest BCUT2D eigenvalue weighted by atomic mass is 35.5. The molecule has 0 radical (unpaired) electrons. The predicted octanol–water partition coefficient (Wildman–Crippen LogP) is 4.29. The van der Waals surface area contributed by atoms with Gasteiger partial charge in [-0.15, -0.1) is 4.80 Å². The normalized spacial score (nSPS) is 12.7. The van der Waals surface area contributed by atoms with Gasteiger partial charge in [0.1, 0.15) is 0 Å². The first-order chi connectivity index (χ1) is 16.7. The van der Waals surface area contributed by atoms with Gasteiger partial charge in [0.25, 0.3) is 5.91 Å². The summed E-state index contributed by atoms with van der Waals surface area (Å²) in [5.41, 5.74) is 3.88. The van der Waals surface area contributed by atoms with Crippen LogP contribution in [-0.4, -0.2) is 42.8 Å². The summed E-state index contributed by atoms with van der Waals surface area (Å²) in [5.74, 6) is -0.984. The lowest BCUT2D eigenvalue weighted by atomic mass is 10.1. The van der Waals surface area contributed by atoms with Crippen LogP contribution in [-0.2, 0) is 4.79 Å². The molecule has 9 nitrogen and oxygen atoms in total. The standard InChI is InChI=1S/C22H16ClF3N8O/c1-12-9-28-11-16-14(12)3-2-4-18(16)33-19(22(24,25)26)15(8-27)21(35)32-13-7-17(23)20(29-10-13)34-30-5-6-31-34/h2-11H,27H2,1H3,(H,32,35). The van der Waals surface area contributed by atoms with Gasteiger partial charge in [0, 0.05) is 24.0 Å². The number of benzene rings is 1. The maximum atomic E-state index is 14.0. The van der Waals surface area contributed by atoms with E-state index in [1.54, 1.807) is 25.3 Å². The number of hydrogen-bond donors (Lipinski definition) is 2. The molecule has 0 spiro atoms. The third kappa shape index (κ3) is 4.96. The monoisotopic (exact) mass is 500 g/mol. The molecule has 13 heteroatoms. The molecule has 3 heterocycles. The SMILES string of the molecule is Cc1cncc2c(N=C(C(=CN)C(=O)Nc3cnc(-n4nccn4)c(Cl)c3)C(F)(F)F)cccc12. The first kappa shape index (κ1) is 23.8. The van der Waals surface area contributed by atoms with Crippen molar-refractivity contribution >= 4 is 45.4 Å². The summed E-state index contributed by atoms with van der Waals surface area (Å²) >= 11 is 6.16. The number of nitrogens with two attached hydrogens (primary N) is 1. The summed E-state index contributed by atoms with van der Waals surface area (Å²) in [7, 11) is 0. The summed E-state index contributed by atoms with van der Waals surface area (Å²) in [5, 5.41) is 11.2.